The van der Waals surface area contributed by atoms with Crippen LogP contribution in [0.25, 0.3) is 22.2 Å². The highest BCUT2D eigenvalue weighted by Gasteiger charge is 2.24. The van der Waals surface area contributed by atoms with Crippen molar-refractivity contribution < 1.29 is 9.18 Å². The molecular formula is C25H23FN6O. The largest absolute Gasteiger partial charge is 0.370 e. The number of anilines is 1. The summed E-state index contributed by atoms with van der Waals surface area (Å²) in [5, 5.41) is 6.30. The molecule has 2 N–H and O–H groups in total. The average Bonchev–Trinajstić information content (AvgIpc) is 3.69. The van der Waals surface area contributed by atoms with Crippen molar-refractivity contribution in [2.45, 2.75) is 25.2 Å². The number of para-hydroxylation sites is 1. The zero-order valence-electron chi connectivity index (χ0n) is 18.2. The molecule has 4 aromatic rings. The number of carbonyl (C=O) groups is 1. The van der Waals surface area contributed by atoms with E-state index in [4.69, 9.17) is 0 Å². The molecule has 7 nitrogen and oxygen atoms in total. The Morgan fingerprint density at radius 3 is 2.73 bits per heavy atom. The highest BCUT2D eigenvalue weighted by Crippen LogP contribution is 2.39. The first-order valence-electron chi connectivity index (χ1n) is 10.9. The summed E-state index contributed by atoms with van der Waals surface area (Å²) in [5.41, 5.74) is 4.45. The molecule has 0 spiro atoms. The van der Waals surface area contributed by atoms with Crippen molar-refractivity contribution in [3.05, 3.63) is 77.8 Å². The first-order chi connectivity index (χ1) is 16.1. The van der Waals surface area contributed by atoms with E-state index in [1.165, 1.54) is 26.2 Å². The number of hydrogen-bond acceptors (Lipinski definition) is 6. The summed E-state index contributed by atoms with van der Waals surface area (Å²) in [5.74, 6) is 0.222. The van der Waals surface area contributed by atoms with Crippen LogP contribution < -0.4 is 10.6 Å². The lowest BCUT2D eigenvalue weighted by Crippen LogP contribution is -2.20. The number of fused-ring (bicyclic) bond motifs is 1. The van der Waals surface area contributed by atoms with Crippen LogP contribution in [-0.4, -0.2) is 39.4 Å². The lowest BCUT2D eigenvalue weighted by atomic mass is 10.0. The van der Waals surface area contributed by atoms with Gasteiger partial charge < -0.3 is 10.6 Å². The minimum absolute atomic E-state index is 0.0130. The molecule has 0 bridgehead atoms. The Kier molecular flexibility index (Phi) is 5.64. The van der Waals surface area contributed by atoms with Gasteiger partial charge in [0.1, 0.15) is 12.1 Å². The normalized spacial score (nSPS) is 13.2. The van der Waals surface area contributed by atoms with Crippen molar-refractivity contribution in [1.29, 1.82) is 0 Å². The molecule has 166 valence electrons. The molecule has 3 aromatic heterocycles. The summed E-state index contributed by atoms with van der Waals surface area (Å²) in [7, 11) is 1.48. The van der Waals surface area contributed by atoms with Crippen LogP contribution in [0.4, 0.5) is 10.2 Å². The smallest absolute Gasteiger partial charge is 0.254 e. The molecule has 1 aliphatic rings. The molecule has 1 aliphatic carbocycles. The summed E-state index contributed by atoms with van der Waals surface area (Å²) in [6, 6.07) is 11.5. The van der Waals surface area contributed by atoms with E-state index in [1.54, 1.807) is 6.07 Å². The third-order valence-corrected chi connectivity index (χ3v) is 5.83. The van der Waals surface area contributed by atoms with Crippen LogP contribution in [0, 0.1) is 5.82 Å². The van der Waals surface area contributed by atoms with Gasteiger partial charge in [-0.2, -0.15) is 0 Å². The van der Waals surface area contributed by atoms with E-state index in [0.717, 1.165) is 28.7 Å². The zero-order chi connectivity index (χ0) is 22.8. The maximum atomic E-state index is 14.3. The number of hydrogen-bond donors (Lipinski definition) is 2. The standard InChI is InChI=1S/C25H23FN6O/c1-27-25(33)23-18-4-2-3-16(24(18)30-13-19(23)26)9-10-28-22-11-21(31-14-32-22)17-7-8-20(29-12-17)15-5-6-15/h2-4,7-8,11-15H,5-6,9-10H2,1H3,(H,27,33)(H,28,31,32). The Bertz CT molecular complexity index is 1320. The molecule has 1 aromatic carbocycles. The first-order valence-corrected chi connectivity index (χ1v) is 10.9. The third kappa shape index (κ3) is 4.37. The molecule has 0 unspecified atom stereocenters. The van der Waals surface area contributed by atoms with E-state index in [1.807, 2.05) is 24.4 Å². The van der Waals surface area contributed by atoms with Gasteiger partial charge in [0.15, 0.2) is 5.82 Å². The number of pyridine rings is 2. The molecule has 33 heavy (non-hydrogen) atoms. The van der Waals surface area contributed by atoms with Gasteiger partial charge in [-0.1, -0.05) is 18.2 Å². The Labute approximate surface area is 190 Å². The predicted octanol–water partition coefficient (Wildman–Crippen LogP) is 4.12. The van der Waals surface area contributed by atoms with E-state index in [-0.39, 0.29) is 5.56 Å². The molecule has 3 heterocycles. The maximum Gasteiger partial charge on any atom is 0.254 e. The van der Waals surface area contributed by atoms with E-state index in [9.17, 15) is 9.18 Å². The Hall–Kier alpha value is -3.94. The van der Waals surface area contributed by atoms with Crippen LogP contribution >= 0.6 is 0 Å². The number of carbonyl (C=O) groups excluding carboxylic acids is 1. The van der Waals surface area contributed by atoms with Crippen LogP contribution in [0.2, 0.25) is 0 Å². The maximum absolute atomic E-state index is 14.3. The summed E-state index contributed by atoms with van der Waals surface area (Å²) in [6.07, 6.45) is 7.57. The fourth-order valence-corrected chi connectivity index (χ4v) is 3.93. The molecule has 0 aliphatic heterocycles. The van der Waals surface area contributed by atoms with Crippen molar-refractivity contribution in [1.82, 2.24) is 25.3 Å². The molecule has 1 saturated carbocycles. The zero-order valence-corrected chi connectivity index (χ0v) is 18.2. The lowest BCUT2D eigenvalue weighted by molar-refractivity contribution is 0.0961. The first kappa shape index (κ1) is 20.9. The van der Waals surface area contributed by atoms with Gasteiger partial charge in [-0.15, -0.1) is 0 Å². The molecule has 0 atom stereocenters. The number of amides is 1. The van der Waals surface area contributed by atoms with Crippen molar-refractivity contribution in [2.24, 2.45) is 0 Å². The molecule has 1 amide bonds. The van der Waals surface area contributed by atoms with E-state index in [2.05, 4.69) is 42.7 Å². The fourth-order valence-electron chi connectivity index (χ4n) is 3.93. The fraction of sp³-hybridized carbons (Fsp3) is 0.240. The van der Waals surface area contributed by atoms with Crippen LogP contribution in [0.3, 0.4) is 0 Å². The van der Waals surface area contributed by atoms with Crippen LogP contribution in [-0.2, 0) is 6.42 Å². The van der Waals surface area contributed by atoms with Crippen LogP contribution in [0.5, 0.6) is 0 Å². The second kappa shape index (κ2) is 8.90. The summed E-state index contributed by atoms with van der Waals surface area (Å²) >= 11 is 0. The highest BCUT2D eigenvalue weighted by atomic mass is 19.1. The van der Waals surface area contributed by atoms with Crippen LogP contribution in [0.1, 0.15) is 40.4 Å². The Balaban J connectivity index is 1.31. The van der Waals surface area contributed by atoms with Crippen molar-refractivity contribution in [3.8, 4) is 11.3 Å². The lowest BCUT2D eigenvalue weighted by Gasteiger charge is -2.11. The number of nitrogens with one attached hydrogen (secondary N) is 2. The van der Waals surface area contributed by atoms with Crippen molar-refractivity contribution in [2.75, 3.05) is 18.9 Å². The quantitative estimate of drug-likeness (QED) is 0.447. The van der Waals surface area contributed by atoms with Crippen molar-refractivity contribution >= 4 is 22.6 Å². The molecule has 0 radical (unpaired) electrons. The average molecular weight is 442 g/mol. The molecule has 0 saturated heterocycles. The van der Waals surface area contributed by atoms with Gasteiger partial charge in [0.25, 0.3) is 5.91 Å². The van der Waals surface area contributed by atoms with Gasteiger partial charge >= 0.3 is 0 Å². The SMILES string of the molecule is CNC(=O)c1c(F)cnc2c(CCNc3cc(-c4ccc(C5CC5)nc4)ncn3)cccc12. The summed E-state index contributed by atoms with van der Waals surface area (Å²) in [6.45, 7) is 0.586. The van der Waals surface area contributed by atoms with Gasteiger partial charge in [-0.05, 0) is 37.0 Å². The van der Waals surface area contributed by atoms with Gasteiger partial charge in [0.05, 0.1) is 23.0 Å². The monoisotopic (exact) mass is 442 g/mol. The molecular weight excluding hydrogens is 419 g/mol. The van der Waals surface area contributed by atoms with Gasteiger partial charge in [-0.3, -0.25) is 14.8 Å². The molecule has 8 heteroatoms. The van der Waals surface area contributed by atoms with Crippen LogP contribution in [0.15, 0.2) is 55.1 Å². The van der Waals surface area contributed by atoms with E-state index >= 15 is 0 Å². The second-order valence-corrected chi connectivity index (χ2v) is 8.08. The summed E-state index contributed by atoms with van der Waals surface area (Å²) < 4.78 is 14.3. The predicted molar refractivity (Wildman–Crippen MR) is 125 cm³/mol. The highest BCUT2D eigenvalue weighted by molar-refractivity contribution is 6.06. The van der Waals surface area contributed by atoms with Gasteiger partial charge in [0.2, 0.25) is 0 Å². The minimum atomic E-state index is -0.634. The van der Waals surface area contributed by atoms with Gasteiger partial charge in [0, 0.05) is 48.4 Å². The number of halogens is 1. The topological polar surface area (TPSA) is 92.7 Å². The van der Waals surface area contributed by atoms with Crippen molar-refractivity contribution in [3.63, 3.8) is 0 Å². The number of aromatic nitrogens is 4. The third-order valence-electron chi connectivity index (χ3n) is 5.83. The summed E-state index contributed by atoms with van der Waals surface area (Å²) in [4.78, 5) is 29.7. The molecule has 5 rings (SSSR count). The van der Waals surface area contributed by atoms with E-state index in [0.29, 0.717) is 35.6 Å². The minimum Gasteiger partial charge on any atom is -0.370 e. The number of rotatable bonds is 7. The Morgan fingerprint density at radius 2 is 1.97 bits per heavy atom. The second-order valence-electron chi connectivity index (χ2n) is 8.08. The molecule has 1 fully saturated rings. The van der Waals surface area contributed by atoms with E-state index < -0.39 is 11.7 Å². The number of nitrogens with zero attached hydrogens (tertiary/aromatic N) is 4. The number of benzene rings is 1. The van der Waals surface area contributed by atoms with Gasteiger partial charge in [-0.25, -0.2) is 14.4 Å². The Morgan fingerprint density at radius 1 is 1.09 bits per heavy atom.